The fraction of sp³-hybridized carbons (Fsp3) is 0.688. The van der Waals surface area contributed by atoms with E-state index in [0.717, 1.165) is 17.8 Å². The SMILES string of the molecule is CNC(c1ccncc1C)C1CCC(C)C(C)C1. The number of nitrogens with zero attached hydrogens (tertiary/aromatic N) is 1. The molecule has 0 radical (unpaired) electrons. The maximum atomic E-state index is 4.21. The van der Waals surface area contributed by atoms with Gasteiger partial charge in [-0.3, -0.25) is 4.98 Å². The topological polar surface area (TPSA) is 24.9 Å². The second-order valence-corrected chi connectivity index (χ2v) is 6.03. The van der Waals surface area contributed by atoms with Crippen molar-refractivity contribution < 1.29 is 0 Å². The van der Waals surface area contributed by atoms with E-state index in [-0.39, 0.29) is 0 Å². The molecule has 100 valence electrons. The summed E-state index contributed by atoms with van der Waals surface area (Å²) in [5.41, 5.74) is 2.74. The smallest absolute Gasteiger partial charge is 0.0350 e. The van der Waals surface area contributed by atoms with Crippen molar-refractivity contribution in [1.82, 2.24) is 10.3 Å². The van der Waals surface area contributed by atoms with Crippen LogP contribution in [0.15, 0.2) is 18.5 Å². The maximum absolute atomic E-state index is 4.21. The summed E-state index contributed by atoms with van der Waals surface area (Å²) in [7, 11) is 2.09. The predicted octanol–water partition coefficient (Wildman–Crippen LogP) is 3.72. The van der Waals surface area contributed by atoms with Crippen molar-refractivity contribution in [2.75, 3.05) is 7.05 Å². The van der Waals surface area contributed by atoms with Gasteiger partial charge in [0.25, 0.3) is 0 Å². The highest BCUT2D eigenvalue weighted by Crippen LogP contribution is 2.40. The normalized spacial score (nSPS) is 30.1. The summed E-state index contributed by atoms with van der Waals surface area (Å²) in [5.74, 6) is 2.50. The minimum Gasteiger partial charge on any atom is -0.313 e. The second-order valence-electron chi connectivity index (χ2n) is 6.03. The summed E-state index contributed by atoms with van der Waals surface area (Å²) in [6.07, 6.45) is 7.96. The summed E-state index contributed by atoms with van der Waals surface area (Å²) in [6, 6.07) is 2.67. The van der Waals surface area contributed by atoms with E-state index in [1.807, 2.05) is 12.4 Å². The zero-order chi connectivity index (χ0) is 13.1. The van der Waals surface area contributed by atoms with Gasteiger partial charge >= 0.3 is 0 Å². The van der Waals surface area contributed by atoms with Gasteiger partial charge in [-0.2, -0.15) is 0 Å². The molecular formula is C16H26N2. The van der Waals surface area contributed by atoms with Gasteiger partial charge in [-0.1, -0.05) is 20.3 Å². The van der Waals surface area contributed by atoms with Crippen molar-refractivity contribution in [3.63, 3.8) is 0 Å². The number of aromatic nitrogens is 1. The highest BCUT2D eigenvalue weighted by Gasteiger charge is 2.30. The van der Waals surface area contributed by atoms with Crippen LogP contribution in [0.5, 0.6) is 0 Å². The highest BCUT2D eigenvalue weighted by molar-refractivity contribution is 5.26. The fourth-order valence-electron chi connectivity index (χ4n) is 3.37. The molecule has 0 aliphatic heterocycles. The summed E-state index contributed by atoms with van der Waals surface area (Å²) >= 11 is 0. The Morgan fingerprint density at radius 3 is 2.67 bits per heavy atom. The molecule has 4 unspecified atom stereocenters. The van der Waals surface area contributed by atoms with Crippen molar-refractivity contribution in [3.8, 4) is 0 Å². The average molecular weight is 246 g/mol. The third-order valence-corrected chi connectivity index (χ3v) is 4.82. The van der Waals surface area contributed by atoms with Crippen molar-refractivity contribution in [1.29, 1.82) is 0 Å². The van der Waals surface area contributed by atoms with Crippen LogP contribution >= 0.6 is 0 Å². The molecule has 1 saturated carbocycles. The third-order valence-electron chi connectivity index (χ3n) is 4.82. The maximum Gasteiger partial charge on any atom is 0.0350 e. The number of hydrogen-bond acceptors (Lipinski definition) is 2. The third kappa shape index (κ3) is 2.74. The van der Waals surface area contributed by atoms with Gasteiger partial charge < -0.3 is 5.32 Å². The molecule has 4 atom stereocenters. The van der Waals surface area contributed by atoms with Crippen LogP contribution in [-0.4, -0.2) is 12.0 Å². The van der Waals surface area contributed by atoms with E-state index in [2.05, 4.69) is 44.2 Å². The Hall–Kier alpha value is -0.890. The van der Waals surface area contributed by atoms with Gasteiger partial charge in [-0.15, -0.1) is 0 Å². The standard InChI is InChI=1S/C16H26N2/c1-11-5-6-14(9-12(11)2)16(17-4)15-7-8-18-10-13(15)3/h7-8,10-12,14,16-17H,5-6,9H2,1-4H3. The first-order chi connectivity index (χ1) is 8.63. The minimum absolute atomic E-state index is 0.489. The Morgan fingerprint density at radius 2 is 2.06 bits per heavy atom. The molecule has 1 fully saturated rings. The quantitative estimate of drug-likeness (QED) is 0.879. The Kier molecular flexibility index (Phi) is 4.39. The molecule has 1 aliphatic rings. The van der Waals surface area contributed by atoms with Crippen LogP contribution in [0, 0.1) is 24.7 Å². The lowest BCUT2D eigenvalue weighted by molar-refractivity contribution is 0.174. The summed E-state index contributed by atoms with van der Waals surface area (Å²) in [6.45, 7) is 6.97. The molecule has 0 aromatic carbocycles. The number of hydrogen-bond donors (Lipinski definition) is 1. The van der Waals surface area contributed by atoms with E-state index >= 15 is 0 Å². The molecule has 2 rings (SSSR count). The zero-order valence-electron chi connectivity index (χ0n) is 12.1. The predicted molar refractivity (Wildman–Crippen MR) is 76.4 cm³/mol. The van der Waals surface area contributed by atoms with Gasteiger partial charge in [0.05, 0.1) is 0 Å². The first-order valence-corrected chi connectivity index (χ1v) is 7.21. The van der Waals surface area contributed by atoms with Crippen molar-refractivity contribution in [2.24, 2.45) is 17.8 Å². The average Bonchev–Trinajstić information content (AvgIpc) is 2.37. The van der Waals surface area contributed by atoms with E-state index in [1.165, 1.54) is 30.4 Å². The Labute approximate surface area is 111 Å². The Bertz CT molecular complexity index is 388. The number of nitrogens with one attached hydrogen (secondary N) is 1. The van der Waals surface area contributed by atoms with Crippen LogP contribution in [0.3, 0.4) is 0 Å². The molecule has 1 aromatic rings. The first-order valence-electron chi connectivity index (χ1n) is 7.21. The van der Waals surface area contributed by atoms with E-state index in [9.17, 15) is 0 Å². The molecule has 2 nitrogen and oxygen atoms in total. The second kappa shape index (κ2) is 5.83. The van der Waals surface area contributed by atoms with Gasteiger partial charge in [0.1, 0.15) is 0 Å². The van der Waals surface area contributed by atoms with E-state index in [4.69, 9.17) is 0 Å². The molecular weight excluding hydrogens is 220 g/mol. The fourth-order valence-corrected chi connectivity index (χ4v) is 3.37. The summed E-state index contributed by atoms with van der Waals surface area (Å²) in [4.78, 5) is 4.21. The molecule has 2 heteroatoms. The molecule has 0 spiro atoms. The number of pyridine rings is 1. The molecule has 18 heavy (non-hydrogen) atoms. The van der Waals surface area contributed by atoms with Crippen LogP contribution in [0.2, 0.25) is 0 Å². The summed E-state index contributed by atoms with van der Waals surface area (Å²) in [5, 5.41) is 3.54. The molecule has 1 aromatic heterocycles. The molecule has 1 N–H and O–H groups in total. The van der Waals surface area contributed by atoms with Crippen molar-refractivity contribution >= 4 is 0 Å². The van der Waals surface area contributed by atoms with Crippen LogP contribution < -0.4 is 5.32 Å². The lowest BCUT2D eigenvalue weighted by Crippen LogP contribution is -2.31. The summed E-state index contributed by atoms with van der Waals surface area (Å²) < 4.78 is 0. The number of aryl methyl sites for hydroxylation is 1. The van der Waals surface area contributed by atoms with E-state index in [0.29, 0.717) is 6.04 Å². The Balaban J connectivity index is 2.17. The zero-order valence-corrected chi connectivity index (χ0v) is 12.1. The largest absolute Gasteiger partial charge is 0.313 e. The highest BCUT2D eigenvalue weighted by atomic mass is 14.9. The van der Waals surface area contributed by atoms with Gasteiger partial charge in [0, 0.05) is 18.4 Å². The van der Waals surface area contributed by atoms with Gasteiger partial charge in [-0.05, 0) is 61.8 Å². The first kappa shape index (κ1) is 13.5. The van der Waals surface area contributed by atoms with Crippen molar-refractivity contribution in [3.05, 3.63) is 29.6 Å². The van der Waals surface area contributed by atoms with Gasteiger partial charge in [0.2, 0.25) is 0 Å². The minimum atomic E-state index is 0.489. The monoisotopic (exact) mass is 246 g/mol. The molecule has 0 amide bonds. The van der Waals surface area contributed by atoms with E-state index in [1.54, 1.807) is 0 Å². The van der Waals surface area contributed by atoms with Crippen LogP contribution in [-0.2, 0) is 0 Å². The lowest BCUT2D eigenvalue weighted by atomic mass is 9.72. The molecule has 1 aliphatic carbocycles. The number of rotatable bonds is 3. The molecule has 0 saturated heterocycles. The molecule has 1 heterocycles. The van der Waals surface area contributed by atoms with Gasteiger partial charge in [0.15, 0.2) is 0 Å². The van der Waals surface area contributed by atoms with Crippen LogP contribution in [0.4, 0.5) is 0 Å². The van der Waals surface area contributed by atoms with Crippen molar-refractivity contribution in [2.45, 2.75) is 46.1 Å². The van der Waals surface area contributed by atoms with Gasteiger partial charge in [-0.25, -0.2) is 0 Å². The van der Waals surface area contributed by atoms with E-state index < -0.39 is 0 Å². The van der Waals surface area contributed by atoms with Crippen LogP contribution in [0.25, 0.3) is 0 Å². The Morgan fingerprint density at radius 1 is 1.28 bits per heavy atom. The molecule has 0 bridgehead atoms. The lowest BCUT2D eigenvalue weighted by Gasteiger charge is -2.37. The van der Waals surface area contributed by atoms with Crippen LogP contribution in [0.1, 0.15) is 50.3 Å².